The number of sulfonamides is 1. The van der Waals surface area contributed by atoms with Crippen LogP contribution in [0.2, 0.25) is 0 Å². The predicted octanol–water partition coefficient (Wildman–Crippen LogP) is 0.876. The topological polar surface area (TPSA) is 75.7 Å². The second-order valence-corrected chi connectivity index (χ2v) is 8.53. The molecular formula is C15H26N2O4S. The molecule has 0 aromatic rings. The van der Waals surface area contributed by atoms with E-state index in [9.17, 15) is 13.2 Å². The van der Waals surface area contributed by atoms with Crippen LogP contribution >= 0.6 is 0 Å². The van der Waals surface area contributed by atoms with Crippen molar-refractivity contribution in [3.05, 3.63) is 0 Å². The molecule has 0 spiro atoms. The molecule has 7 heteroatoms. The Morgan fingerprint density at radius 2 is 1.86 bits per heavy atom. The zero-order valence-electron chi connectivity index (χ0n) is 13.0. The van der Waals surface area contributed by atoms with Crippen molar-refractivity contribution in [1.82, 2.24) is 9.62 Å². The number of nitrogens with one attached hydrogen (secondary N) is 1. The minimum atomic E-state index is -3.61. The average Bonchev–Trinajstić information content (AvgIpc) is 3.13. The Labute approximate surface area is 132 Å². The fraction of sp³-hybridized carbons (Fsp3) is 0.933. The van der Waals surface area contributed by atoms with Crippen LogP contribution in [0.1, 0.15) is 44.9 Å². The summed E-state index contributed by atoms with van der Waals surface area (Å²) in [4.78, 5) is 14.6. The van der Waals surface area contributed by atoms with E-state index in [0.29, 0.717) is 12.5 Å². The van der Waals surface area contributed by atoms with E-state index >= 15 is 0 Å². The second-order valence-electron chi connectivity index (χ2n) is 6.76. The quantitative estimate of drug-likeness (QED) is 0.782. The highest BCUT2D eigenvalue weighted by Gasteiger charge is 2.42. The van der Waals surface area contributed by atoms with Gasteiger partial charge in [-0.2, -0.15) is 0 Å². The molecule has 1 N–H and O–H groups in total. The van der Waals surface area contributed by atoms with E-state index < -0.39 is 10.0 Å². The Morgan fingerprint density at radius 3 is 2.45 bits per heavy atom. The van der Waals surface area contributed by atoms with Crippen LogP contribution in [-0.2, 0) is 19.6 Å². The molecule has 22 heavy (non-hydrogen) atoms. The van der Waals surface area contributed by atoms with Crippen LogP contribution in [0, 0.1) is 5.92 Å². The van der Waals surface area contributed by atoms with Gasteiger partial charge in [0, 0.05) is 6.61 Å². The Bertz CT molecular complexity index is 492. The number of hydrogen-bond acceptors (Lipinski definition) is 5. The molecule has 0 radical (unpaired) electrons. The van der Waals surface area contributed by atoms with Gasteiger partial charge in [-0.3, -0.25) is 14.4 Å². The van der Waals surface area contributed by atoms with Gasteiger partial charge in [0.05, 0.1) is 17.9 Å². The van der Waals surface area contributed by atoms with Crippen LogP contribution in [0.3, 0.4) is 0 Å². The number of rotatable bonds is 6. The monoisotopic (exact) mass is 330 g/mol. The maximum atomic E-state index is 12.5. The van der Waals surface area contributed by atoms with E-state index in [0.717, 1.165) is 58.0 Å². The van der Waals surface area contributed by atoms with Gasteiger partial charge in [-0.25, -0.2) is 8.42 Å². The summed E-state index contributed by atoms with van der Waals surface area (Å²) in [7, 11) is -3.61. The van der Waals surface area contributed by atoms with Crippen LogP contribution in [0.4, 0.5) is 0 Å². The number of ether oxygens (including phenoxy) is 1. The minimum absolute atomic E-state index is 0.101. The third kappa shape index (κ3) is 4.20. The van der Waals surface area contributed by atoms with Crippen molar-refractivity contribution in [2.75, 3.05) is 25.4 Å². The Kier molecular flexibility index (Phi) is 5.04. The average molecular weight is 330 g/mol. The molecule has 0 aromatic carbocycles. The number of amides is 1. The summed E-state index contributed by atoms with van der Waals surface area (Å²) < 4.78 is 32.3. The zero-order chi connectivity index (χ0) is 15.6. The summed E-state index contributed by atoms with van der Waals surface area (Å²) in [6, 6.07) is -0.260. The summed E-state index contributed by atoms with van der Waals surface area (Å²) in [5.74, 6) is -0.102. The van der Waals surface area contributed by atoms with Crippen molar-refractivity contribution in [3.63, 3.8) is 0 Å². The molecule has 2 atom stereocenters. The molecule has 2 aliphatic heterocycles. The Morgan fingerprint density at radius 1 is 1.14 bits per heavy atom. The number of carbonyl (C=O) groups excluding carboxylic acids is 1. The largest absolute Gasteiger partial charge is 0.377 e. The van der Waals surface area contributed by atoms with E-state index in [-0.39, 0.29) is 23.8 Å². The normalized spacial score (nSPS) is 28.5. The Balaban J connectivity index is 1.58. The van der Waals surface area contributed by atoms with Crippen LogP contribution in [0.15, 0.2) is 0 Å². The van der Waals surface area contributed by atoms with Crippen molar-refractivity contribution in [3.8, 4) is 0 Å². The maximum Gasteiger partial charge on any atom is 0.251 e. The smallest absolute Gasteiger partial charge is 0.251 e. The summed E-state index contributed by atoms with van der Waals surface area (Å²) in [5, 5.41) is 0. The van der Waals surface area contributed by atoms with Crippen LogP contribution in [-0.4, -0.2) is 56.8 Å². The third-order valence-electron chi connectivity index (χ3n) is 4.81. The summed E-state index contributed by atoms with van der Waals surface area (Å²) in [6.45, 7) is 2.42. The molecule has 2 saturated heterocycles. The molecule has 6 nitrogen and oxygen atoms in total. The molecule has 1 saturated carbocycles. The third-order valence-corrected chi connectivity index (χ3v) is 6.13. The first-order chi connectivity index (χ1) is 10.6. The fourth-order valence-corrected chi connectivity index (χ4v) is 4.81. The molecule has 3 aliphatic rings. The summed E-state index contributed by atoms with van der Waals surface area (Å²) in [5.41, 5.74) is 0. The highest BCUT2D eigenvalue weighted by molar-refractivity contribution is 7.90. The van der Waals surface area contributed by atoms with Gasteiger partial charge in [0.15, 0.2) is 0 Å². The standard InChI is InChI=1S/C15H26N2O4S/c18-15(14(12-6-7-12)17-8-2-3-9-17)16-22(19,20)11-13-5-1-4-10-21-13/h12-14H,1-11H2,(H,16,18). The first-order valence-corrected chi connectivity index (χ1v) is 10.1. The SMILES string of the molecule is O=C(NS(=O)(=O)CC1CCCCO1)C(C1CC1)N1CCCC1. The van der Waals surface area contributed by atoms with Gasteiger partial charge in [-0.1, -0.05) is 0 Å². The van der Waals surface area contributed by atoms with E-state index in [1.54, 1.807) is 0 Å². The lowest BCUT2D eigenvalue weighted by molar-refractivity contribution is -0.125. The molecule has 1 amide bonds. The number of nitrogens with zero attached hydrogens (tertiary/aromatic N) is 1. The maximum absolute atomic E-state index is 12.5. The lowest BCUT2D eigenvalue weighted by Crippen LogP contribution is -2.50. The van der Waals surface area contributed by atoms with Crippen molar-refractivity contribution < 1.29 is 17.9 Å². The molecule has 3 rings (SSSR count). The van der Waals surface area contributed by atoms with Crippen molar-refractivity contribution in [2.24, 2.45) is 5.92 Å². The van der Waals surface area contributed by atoms with Gasteiger partial charge in [-0.15, -0.1) is 0 Å². The number of hydrogen-bond donors (Lipinski definition) is 1. The predicted molar refractivity (Wildman–Crippen MR) is 82.8 cm³/mol. The van der Waals surface area contributed by atoms with Gasteiger partial charge in [-0.05, 0) is 64.0 Å². The first-order valence-electron chi connectivity index (χ1n) is 8.45. The molecule has 2 heterocycles. The molecule has 0 bridgehead atoms. The first kappa shape index (κ1) is 16.2. The van der Waals surface area contributed by atoms with Gasteiger partial charge >= 0.3 is 0 Å². The van der Waals surface area contributed by atoms with Crippen molar-refractivity contribution in [2.45, 2.75) is 57.1 Å². The Hall–Kier alpha value is -0.660. The van der Waals surface area contributed by atoms with Crippen LogP contribution in [0.5, 0.6) is 0 Å². The van der Waals surface area contributed by atoms with Gasteiger partial charge in [0.25, 0.3) is 5.91 Å². The fourth-order valence-electron chi connectivity index (χ4n) is 3.55. The highest BCUT2D eigenvalue weighted by atomic mass is 32.2. The lowest BCUT2D eigenvalue weighted by Gasteiger charge is -2.27. The number of carbonyl (C=O) groups is 1. The molecule has 126 valence electrons. The molecule has 0 aromatic heterocycles. The summed E-state index contributed by atoms with van der Waals surface area (Å²) >= 11 is 0. The van der Waals surface area contributed by atoms with Crippen molar-refractivity contribution in [1.29, 1.82) is 0 Å². The molecule has 1 aliphatic carbocycles. The zero-order valence-corrected chi connectivity index (χ0v) is 13.8. The van der Waals surface area contributed by atoms with E-state index in [1.165, 1.54) is 0 Å². The highest BCUT2D eigenvalue weighted by Crippen LogP contribution is 2.36. The van der Waals surface area contributed by atoms with Gasteiger partial charge in [0.2, 0.25) is 10.0 Å². The molecule has 2 unspecified atom stereocenters. The van der Waals surface area contributed by atoms with E-state index in [1.807, 2.05) is 0 Å². The van der Waals surface area contributed by atoms with Gasteiger partial charge < -0.3 is 4.74 Å². The lowest BCUT2D eigenvalue weighted by atomic mass is 10.1. The number of likely N-dealkylation sites (tertiary alicyclic amines) is 1. The van der Waals surface area contributed by atoms with Gasteiger partial charge in [0.1, 0.15) is 0 Å². The van der Waals surface area contributed by atoms with E-state index in [4.69, 9.17) is 4.74 Å². The van der Waals surface area contributed by atoms with Crippen LogP contribution < -0.4 is 4.72 Å². The second kappa shape index (κ2) is 6.84. The molecule has 3 fully saturated rings. The molecular weight excluding hydrogens is 304 g/mol. The van der Waals surface area contributed by atoms with Crippen LogP contribution in [0.25, 0.3) is 0 Å². The van der Waals surface area contributed by atoms with E-state index in [2.05, 4.69) is 9.62 Å². The summed E-state index contributed by atoms with van der Waals surface area (Å²) in [6.07, 6.45) is 6.71. The van der Waals surface area contributed by atoms with Crippen molar-refractivity contribution >= 4 is 15.9 Å². The minimum Gasteiger partial charge on any atom is -0.377 e.